The smallest absolute Gasteiger partial charge is 0.326 e. The van der Waals surface area contributed by atoms with Crippen molar-refractivity contribution in [3.8, 4) is 0 Å². The molecule has 36 heavy (non-hydrogen) atoms. The standard InChI is InChI=1S/C23H41N7O5S/c1-14(2)10-18(22(33)30-19(23(34)35)11-15-12-26-13-27-15)29-21(32)17(7-9-36-3)28-20(31)16(25)6-4-5-8-24/h12-14,16-19H,4-11,24-25H2,1-3H3,(H,26,27)(H,28,31)(H,29,32)(H,30,33)(H,34,35). The van der Waals surface area contributed by atoms with Crippen molar-refractivity contribution in [2.24, 2.45) is 17.4 Å². The molecular weight excluding hydrogens is 486 g/mol. The fourth-order valence-electron chi connectivity index (χ4n) is 3.49. The van der Waals surface area contributed by atoms with Crippen molar-refractivity contribution in [1.82, 2.24) is 25.9 Å². The lowest BCUT2D eigenvalue weighted by Crippen LogP contribution is -2.57. The number of carbonyl (C=O) groups is 4. The number of hydrogen-bond donors (Lipinski definition) is 7. The van der Waals surface area contributed by atoms with E-state index in [1.807, 2.05) is 20.1 Å². The highest BCUT2D eigenvalue weighted by Gasteiger charge is 2.30. The number of nitrogens with zero attached hydrogens (tertiary/aromatic N) is 1. The van der Waals surface area contributed by atoms with Crippen LogP contribution >= 0.6 is 11.8 Å². The molecule has 0 saturated carbocycles. The molecule has 0 fully saturated rings. The van der Waals surface area contributed by atoms with Crippen LogP contribution in [0.5, 0.6) is 0 Å². The number of H-pyrrole nitrogens is 1. The van der Waals surface area contributed by atoms with E-state index >= 15 is 0 Å². The second kappa shape index (κ2) is 16.9. The highest BCUT2D eigenvalue weighted by Crippen LogP contribution is 2.09. The number of hydrogen-bond acceptors (Lipinski definition) is 8. The summed E-state index contributed by atoms with van der Waals surface area (Å²) in [5, 5.41) is 17.5. The highest BCUT2D eigenvalue weighted by atomic mass is 32.2. The second-order valence-corrected chi connectivity index (χ2v) is 10.1. The van der Waals surface area contributed by atoms with Gasteiger partial charge in [-0.1, -0.05) is 20.3 Å². The largest absolute Gasteiger partial charge is 0.480 e. The Labute approximate surface area is 216 Å². The quantitative estimate of drug-likeness (QED) is 0.125. The Morgan fingerprint density at radius 1 is 1.03 bits per heavy atom. The van der Waals surface area contributed by atoms with Gasteiger partial charge in [-0.3, -0.25) is 14.4 Å². The SMILES string of the molecule is CSCCC(NC(=O)C(N)CCCCN)C(=O)NC(CC(C)C)C(=O)NC(Cc1cnc[nH]1)C(=O)O. The molecule has 9 N–H and O–H groups in total. The molecule has 1 rings (SSSR count). The van der Waals surface area contributed by atoms with Gasteiger partial charge in [0.15, 0.2) is 0 Å². The first-order valence-corrected chi connectivity index (χ1v) is 13.5. The number of thioether (sulfide) groups is 1. The van der Waals surface area contributed by atoms with E-state index in [0.717, 1.165) is 6.42 Å². The van der Waals surface area contributed by atoms with Crippen molar-refractivity contribution >= 4 is 35.5 Å². The fourth-order valence-corrected chi connectivity index (χ4v) is 3.96. The van der Waals surface area contributed by atoms with Gasteiger partial charge in [0, 0.05) is 18.3 Å². The number of carboxylic acids is 1. The lowest BCUT2D eigenvalue weighted by atomic mass is 10.0. The van der Waals surface area contributed by atoms with Crippen LogP contribution < -0.4 is 27.4 Å². The minimum Gasteiger partial charge on any atom is -0.480 e. The van der Waals surface area contributed by atoms with E-state index in [1.165, 1.54) is 24.3 Å². The van der Waals surface area contributed by atoms with Crippen LogP contribution in [-0.2, 0) is 25.6 Å². The molecule has 1 heterocycles. The number of amides is 3. The van der Waals surface area contributed by atoms with E-state index in [2.05, 4.69) is 25.9 Å². The first-order chi connectivity index (χ1) is 17.1. The molecule has 0 saturated heterocycles. The molecule has 0 aliphatic carbocycles. The summed E-state index contributed by atoms with van der Waals surface area (Å²) < 4.78 is 0. The maximum Gasteiger partial charge on any atom is 0.326 e. The third-order valence-corrected chi connectivity index (χ3v) is 6.13. The van der Waals surface area contributed by atoms with Crippen molar-refractivity contribution in [1.29, 1.82) is 0 Å². The number of aliphatic carboxylic acids is 1. The van der Waals surface area contributed by atoms with Crippen LogP contribution in [0.3, 0.4) is 0 Å². The molecule has 0 aromatic carbocycles. The molecule has 0 spiro atoms. The Morgan fingerprint density at radius 3 is 2.22 bits per heavy atom. The molecule has 3 amide bonds. The number of rotatable bonds is 18. The molecular formula is C23H41N7O5S. The molecule has 204 valence electrons. The van der Waals surface area contributed by atoms with E-state index in [0.29, 0.717) is 37.3 Å². The van der Waals surface area contributed by atoms with Gasteiger partial charge in [0.1, 0.15) is 18.1 Å². The van der Waals surface area contributed by atoms with Crippen LogP contribution in [-0.4, -0.2) is 81.5 Å². The zero-order valence-electron chi connectivity index (χ0n) is 21.3. The minimum absolute atomic E-state index is 0.0118. The van der Waals surface area contributed by atoms with Crippen molar-refractivity contribution in [3.05, 3.63) is 18.2 Å². The maximum absolute atomic E-state index is 13.1. The second-order valence-electron chi connectivity index (χ2n) is 9.10. The van der Waals surface area contributed by atoms with Crippen LogP contribution in [0, 0.1) is 5.92 Å². The van der Waals surface area contributed by atoms with Gasteiger partial charge in [-0.2, -0.15) is 11.8 Å². The predicted octanol–water partition coefficient (Wildman–Crippen LogP) is -0.253. The van der Waals surface area contributed by atoms with E-state index < -0.39 is 47.9 Å². The number of unbranched alkanes of at least 4 members (excludes halogenated alkanes) is 1. The number of carboxylic acid groups (broad SMARTS) is 1. The Morgan fingerprint density at radius 2 is 1.67 bits per heavy atom. The number of carbonyl (C=O) groups excluding carboxylic acids is 3. The predicted molar refractivity (Wildman–Crippen MR) is 139 cm³/mol. The third-order valence-electron chi connectivity index (χ3n) is 5.48. The zero-order chi connectivity index (χ0) is 27.1. The van der Waals surface area contributed by atoms with Gasteiger partial charge >= 0.3 is 5.97 Å². The highest BCUT2D eigenvalue weighted by molar-refractivity contribution is 7.98. The van der Waals surface area contributed by atoms with Crippen LogP contribution in [0.1, 0.15) is 51.6 Å². The molecule has 13 heteroatoms. The number of nitrogens with one attached hydrogen (secondary N) is 4. The van der Waals surface area contributed by atoms with Gasteiger partial charge in [0.25, 0.3) is 0 Å². The van der Waals surface area contributed by atoms with Gasteiger partial charge in [-0.05, 0) is 50.2 Å². The van der Waals surface area contributed by atoms with E-state index in [-0.39, 0.29) is 18.8 Å². The minimum atomic E-state index is -1.21. The topological polar surface area (TPSA) is 205 Å². The fraction of sp³-hybridized carbons (Fsp3) is 0.696. The van der Waals surface area contributed by atoms with Gasteiger partial charge in [0.05, 0.1) is 12.4 Å². The molecule has 4 unspecified atom stereocenters. The number of nitrogens with two attached hydrogens (primary N) is 2. The summed E-state index contributed by atoms with van der Waals surface area (Å²) in [7, 11) is 0. The van der Waals surface area contributed by atoms with Gasteiger partial charge in [0.2, 0.25) is 17.7 Å². The van der Waals surface area contributed by atoms with E-state index in [1.54, 1.807) is 0 Å². The summed E-state index contributed by atoms with van der Waals surface area (Å²) in [6.07, 6.45) is 7.34. The van der Waals surface area contributed by atoms with Gasteiger partial charge < -0.3 is 37.5 Å². The van der Waals surface area contributed by atoms with Gasteiger partial charge in [-0.25, -0.2) is 9.78 Å². The summed E-state index contributed by atoms with van der Waals surface area (Å²) in [6.45, 7) is 4.29. The summed E-state index contributed by atoms with van der Waals surface area (Å²) in [4.78, 5) is 57.2. The Balaban J connectivity index is 2.91. The van der Waals surface area contributed by atoms with E-state index in [4.69, 9.17) is 11.5 Å². The van der Waals surface area contributed by atoms with E-state index in [9.17, 15) is 24.3 Å². The monoisotopic (exact) mass is 527 g/mol. The van der Waals surface area contributed by atoms with Gasteiger partial charge in [-0.15, -0.1) is 0 Å². The van der Waals surface area contributed by atoms with Crippen LogP contribution in [0.25, 0.3) is 0 Å². The number of aromatic amines is 1. The van der Waals surface area contributed by atoms with Crippen LogP contribution in [0.2, 0.25) is 0 Å². The normalized spacial score (nSPS) is 14.5. The van der Waals surface area contributed by atoms with Crippen LogP contribution in [0.15, 0.2) is 12.5 Å². The summed E-state index contributed by atoms with van der Waals surface area (Å²) in [6, 6.07) is -3.83. The third kappa shape index (κ3) is 11.9. The molecule has 0 radical (unpaired) electrons. The molecule has 0 bridgehead atoms. The molecule has 4 atom stereocenters. The Bertz CT molecular complexity index is 822. The Hall–Kier alpha value is -2.64. The first-order valence-electron chi connectivity index (χ1n) is 12.1. The molecule has 0 aliphatic heterocycles. The molecule has 1 aromatic rings. The molecule has 12 nitrogen and oxygen atoms in total. The zero-order valence-corrected chi connectivity index (χ0v) is 22.1. The lowest BCUT2D eigenvalue weighted by Gasteiger charge is -2.26. The average Bonchev–Trinajstić information content (AvgIpc) is 3.33. The van der Waals surface area contributed by atoms with Crippen molar-refractivity contribution in [2.75, 3.05) is 18.6 Å². The van der Waals surface area contributed by atoms with Crippen molar-refractivity contribution < 1.29 is 24.3 Å². The van der Waals surface area contributed by atoms with Crippen LogP contribution in [0.4, 0.5) is 0 Å². The molecule has 1 aromatic heterocycles. The Kier molecular flexibility index (Phi) is 14.8. The summed E-state index contributed by atoms with van der Waals surface area (Å²) in [5.41, 5.74) is 12.0. The lowest BCUT2D eigenvalue weighted by molar-refractivity contribution is -0.142. The first kappa shape index (κ1) is 31.4. The maximum atomic E-state index is 13.1. The van der Waals surface area contributed by atoms with Crippen molar-refractivity contribution in [2.45, 2.75) is 76.5 Å². The van der Waals surface area contributed by atoms with Crippen molar-refractivity contribution in [3.63, 3.8) is 0 Å². The number of aromatic nitrogens is 2. The molecule has 0 aliphatic rings. The average molecular weight is 528 g/mol. The summed E-state index contributed by atoms with van der Waals surface area (Å²) >= 11 is 1.52. The number of imidazole rings is 1. The summed E-state index contributed by atoms with van der Waals surface area (Å²) in [5.74, 6) is -2.14.